The Hall–Kier alpha value is -0.0400. The molecule has 0 amide bonds. The Bertz CT molecular complexity index is 122. The van der Waals surface area contributed by atoms with Crippen LogP contribution in [0.3, 0.4) is 0 Å². The van der Waals surface area contributed by atoms with Gasteiger partial charge < -0.3 is 5.11 Å². The summed E-state index contributed by atoms with van der Waals surface area (Å²) in [6.07, 6.45) is 7.29. The fourth-order valence-corrected chi connectivity index (χ4v) is 2.41. The SMILES string of the molecule is CCCC(C)C1CCCC(O)C1. The molecule has 1 saturated carbocycles. The molecule has 1 aliphatic carbocycles. The molecule has 12 heavy (non-hydrogen) atoms. The Morgan fingerprint density at radius 3 is 2.75 bits per heavy atom. The molecule has 0 aromatic rings. The number of hydrogen-bond donors (Lipinski definition) is 1. The molecule has 0 aliphatic heterocycles. The van der Waals surface area contributed by atoms with E-state index in [1.807, 2.05) is 0 Å². The molecule has 0 bridgehead atoms. The van der Waals surface area contributed by atoms with Crippen molar-refractivity contribution >= 4 is 0 Å². The third-order valence-corrected chi connectivity index (χ3v) is 3.24. The first-order chi connectivity index (χ1) is 5.74. The molecule has 72 valence electrons. The molecule has 3 unspecified atom stereocenters. The third-order valence-electron chi connectivity index (χ3n) is 3.24. The van der Waals surface area contributed by atoms with Gasteiger partial charge in [-0.15, -0.1) is 0 Å². The summed E-state index contributed by atoms with van der Waals surface area (Å²) in [4.78, 5) is 0. The molecule has 0 aromatic heterocycles. The largest absolute Gasteiger partial charge is 0.393 e. The fraction of sp³-hybridized carbons (Fsp3) is 1.00. The third kappa shape index (κ3) is 2.78. The number of rotatable bonds is 3. The van der Waals surface area contributed by atoms with Gasteiger partial charge in [-0.3, -0.25) is 0 Å². The van der Waals surface area contributed by atoms with Crippen LogP contribution in [0.1, 0.15) is 52.4 Å². The van der Waals surface area contributed by atoms with Crippen LogP contribution in [0.2, 0.25) is 0 Å². The lowest BCUT2D eigenvalue weighted by molar-refractivity contribution is 0.0808. The highest BCUT2D eigenvalue weighted by molar-refractivity contribution is 4.75. The van der Waals surface area contributed by atoms with Gasteiger partial charge in [0.1, 0.15) is 0 Å². The molecule has 1 rings (SSSR count). The molecule has 1 fully saturated rings. The van der Waals surface area contributed by atoms with E-state index in [0.717, 1.165) is 24.7 Å². The van der Waals surface area contributed by atoms with Crippen LogP contribution in [0.4, 0.5) is 0 Å². The van der Waals surface area contributed by atoms with E-state index in [0.29, 0.717) is 0 Å². The van der Waals surface area contributed by atoms with Crippen LogP contribution in [0.25, 0.3) is 0 Å². The predicted molar refractivity (Wildman–Crippen MR) is 52.0 cm³/mol. The molecule has 1 heteroatoms. The zero-order chi connectivity index (χ0) is 8.97. The van der Waals surface area contributed by atoms with Gasteiger partial charge >= 0.3 is 0 Å². The maximum absolute atomic E-state index is 9.50. The highest BCUT2D eigenvalue weighted by Crippen LogP contribution is 2.32. The minimum atomic E-state index is 0.00283. The van der Waals surface area contributed by atoms with Gasteiger partial charge in [-0.2, -0.15) is 0 Å². The second kappa shape index (κ2) is 4.86. The van der Waals surface area contributed by atoms with Gasteiger partial charge in [-0.25, -0.2) is 0 Å². The lowest BCUT2D eigenvalue weighted by Crippen LogP contribution is -2.24. The van der Waals surface area contributed by atoms with Crippen molar-refractivity contribution in [3.05, 3.63) is 0 Å². The van der Waals surface area contributed by atoms with Gasteiger partial charge in [-0.05, 0) is 24.7 Å². The molecule has 1 aliphatic rings. The summed E-state index contributed by atoms with van der Waals surface area (Å²) in [5, 5.41) is 9.50. The van der Waals surface area contributed by atoms with E-state index in [1.54, 1.807) is 0 Å². The topological polar surface area (TPSA) is 20.2 Å². The van der Waals surface area contributed by atoms with Crippen LogP contribution < -0.4 is 0 Å². The average Bonchev–Trinajstić information content (AvgIpc) is 2.05. The number of aliphatic hydroxyl groups is 1. The fourth-order valence-electron chi connectivity index (χ4n) is 2.41. The first kappa shape index (κ1) is 10.0. The monoisotopic (exact) mass is 170 g/mol. The Labute approximate surface area is 76.2 Å². The van der Waals surface area contributed by atoms with E-state index in [1.165, 1.54) is 25.7 Å². The lowest BCUT2D eigenvalue weighted by Gasteiger charge is -2.30. The molecule has 0 heterocycles. The molecular weight excluding hydrogens is 148 g/mol. The van der Waals surface area contributed by atoms with Crippen LogP contribution in [-0.2, 0) is 0 Å². The Morgan fingerprint density at radius 2 is 2.17 bits per heavy atom. The molecule has 0 radical (unpaired) electrons. The number of aliphatic hydroxyl groups excluding tert-OH is 1. The van der Waals surface area contributed by atoms with Crippen LogP contribution >= 0.6 is 0 Å². The highest BCUT2D eigenvalue weighted by atomic mass is 16.3. The van der Waals surface area contributed by atoms with Gasteiger partial charge in [0.2, 0.25) is 0 Å². The second-order valence-corrected chi connectivity index (χ2v) is 4.35. The second-order valence-electron chi connectivity index (χ2n) is 4.35. The molecule has 1 nitrogen and oxygen atoms in total. The van der Waals surface area contributed by atoms with Crippen LogP contribution in [0.15, 0.2) is 0 Å². The highest BCUT2D eigenvalue weighted by Gasteiger charge is 2.23. The number of hydrogen-bond acceptors (Lipinski definition) is 1. The van der Waals surface area contributed by atoms with Crippen molar-refractivity contribution in [1.29, 1.82) is 0 Å². The molecule has 3 atom stereocenters. The van der Waals surface area contributed by atoms with Gasteiger partial charge in [0.15, 0.2) is 0 Å². The normalized spacial score (nSPS) is 33.2. The summed E-state index contributed by atoms with van der Waals surface area (Å²) < 4.78 is 0. The van der Waals surface area contributed by atoms with Crippen molar-refractivity contribution in [1.82, 2.24) is 0 Å². The zero-order valence-electron chi connectivity index (χ0n) is 8.42. The molecule has 0 spiro atoms. The van der Waals surface area contributed by atoms with Crippen molar-refractivity contribution in [3.8, 4) is 0 Å². The minimum Gasteiger partial charge on any atom is -0.393 e. The maximum atomic E-state index is 9.50. The first-order valence-corrected chi connectivity index (χ1v) is 5.42. The van der Waals surface area contributed by atoms with Gasteiger partial charge in [0.05, 0.1) is 6.10 Å². The Morgan fingerprint density at radius 1 is 1.42 bits per heavy atom. The van der Waals surface area contributed by atoms with Crippen LogP contribution in [0.5, 0.6) is 0 Å². The zero-order valence-corrected chi connectivity index (χ0v) is 8.42. The van der Waals surface area contributed by atoms with E-state index < -0.39 is 0 Å². The maximum Gasteiger partial charge on any atom is 0.0543 e. The quantitative estimate of drug-likeness (QED) is 0.690. The lowest BCUT2D eigenvalue weighted by atomic mass is 9.78. The molecule has 0 saturated heterocycles. The van der Waals surface area contributed by atoms with Gasteiger partial charge in [-0.1, -0.05) is 39.5 Å². The smallest absolute Gasteiger partial charge is 0.0543 e. The van der Waals surface area contributed by atoms with Crippen molar-refractivity contribution < 1.29 is 5.11 Å². The van der Waals surface area contributed by atoms with Crippen molar-refractivity contribution in [3.63, 3.8) is 0 Å². The molecular formula is C11H22O. The average molecular weight is 170 g/mol. The predicted octanol–water partition coefficient (Wildman–Crippen LogP) is 2.97. The summed E-state index contributed by atoms with van der Waals surface area (Å²) >= 11 is 0. The van der Waals surface area contributed by atoms with Crippen molar-refractivity contribution in [2.24, 2.45) is 11.8 Å². The standard InChI is InChI=1S/C11H22O/c1-3-5-9(2)10-6-4-7-11(12)8-10/h9-12H,3-8H2,1-2H3. The van der Waals surface area contributed by atoms with E-state index in [2.05, 4.69) is 13.8 Å². The summed E-state index contributed by atoms with van der Waals surface area (Å²) in [6, 6.07) is 0. The summed E-state index contributed by atoms with van der Waals surface area (Å²) in [5.74, 6) is 1.62. The van der Waals surface area contributed by atoms with Crippen LogP contribution in [-0.4, -0.2) is 11.2 Å². The van der Waals surface area contributed by atoms with Gasteiger partial charge in [0, 0.05) is 0 Å². The van der Waals surface area contributed by atoms with E-state index in [4.69, 9.17) is 0 Å². The summed E-state index contributed by atoms with van der Waals surface area (Å²) in [5.41, 5.74) is 0. The molecule has 0 aromatic carbocycles. The van der Waals surface area contributed by atoms with Crippen LogP contribution in [0, 0.1) is 11.8 Å². The Balaban J connectivity index is 2.29. The van der Waals surface area contributed by atoms with E-state index >= 15 is 0 Å². The summed E-state index contributed by atoms with van der Waals surface area (Å²) in [7, 11) is 0. The first-order valence-electron chi connectivity index (χ1n) is 5.42. The summed E-state index contributed by atoms with van der Waals surface area (Å²) in [6.45, 7) is 4.59. The Kier molecular flexibility index (Phi) is 4.07. The van der Waals surface area contributed by atoms with E-state index in [-0.39, 0.29) is 6.10 Å². The van der Waals surface area contributed by atoms with Gasteiger partial charge in [0.25, 0.3) is 0 Å². The molecule has 1 N–H and O–H groups in total. The van der Waals surface area contributed by atoms with E-state index in [9.17, 15) is 5.11 Å². The minimum absolute atomic E-state index is 0.00283. The van der Waals surface area contributed by atoms with Crippen molar-refractivity contribution in [2.45, 2.75) is 58.5 Å². The van der Waals surface area contributed by atoms with Crippen molar-refractivity contribution in [2.75, 3.05) is 0 Å².